The Bertz CT molecular complexity index is 440. The average molecular weight is 271 g/mol. The molecule has 1 aromatic rings. The number of piperidine rings is 1. The van der Waals surface area contributed by atoms with Gasteiger partial charge in [0.1, 0.15) is 5.02 Å². The monoisotopic (exact) mass is 270 g/mol. The Morgan fingerprint density at radius 1 is 1.56 bits per heavy atom. The SMILES string of the molecule is CCCN1CCC(Nc2cn[nH]c(=O)c2Cl)CC1. The predicted octanol–water partition coefficient (Wildman–Crippen LogP) is 1.71. The van der Waals surface area contributed by atoms with Gasteiger partial charge in [-0.3, -0.25) is 4.79 Å². The largest absolute Gasteiger partial charge is 0.380 e. The molecule has 0 aromatic carbocycles. The summed E-state index contributed by atoms with van der Waals surface area (Å²) in [4.78, 5) is 13.8. The van der Waals surface area contributed by atoms with Gasteiger partial charge < -0.3 is 10.2 Å². The van der Waals surface area contributed by atoms with Crippen molar-refractivity contribution in [3.8, 4) is 0 Å². The first-order chi connectivity index (χ1) is 8.70. The van der Waals surface area contributed by atoms with Gasteiger partial charge >= 0.3 is 0 Å². The molecule has 1 aliphatic rings. The van der Waals surface area contributed by atoms with Crippen LogP contribution in [-0.2, 0) is 0 Å². The summed E-state index contributed by atoms with van der Waals surface area (Å²) in [6.07, 6.45) is 4.91. The van der Waals surface area contributed by atoms with Gasteiger partial charge in [-0.15, -0.1) is 0 Å². The van der Waals surface area contributed by atoms with Crippen LogP contribution in [0.4, 0.5) is 5.69 Å². The molecule has 2 N–H and O–H groups in total. The number of aromatic nitrogens is 2. The first-order valence-corrected chi connectivity index (χ1v) is 6.80. The van der Waals surface area contributed by atoms with Crippen LogP contribution >= 0.6 is 11.6 Å². The Hall–Kier alpha value is -1.07. The second-order valence-electron chi connectivity index (χ2n) is 4.69. The van der Waals surface area contributed by atoms with Crippen LogP contribution in [0.25, 0.3) is 0 Å². The molecule has 1 saturated heterocycles. The number of rotatable bonds is 4. The summed E-state index contributed by atoms with van der Waals surface area (Å²) < 4.78 is 0. The predicted molar refractivity (Wildman–Crippen MR) is 73.2 cm³/mol. The Morgan fingerprint density at radius 3 is 2.94 bits per heavy atom. The summed E-state index contributed by atoms with van der Waals surface area (Å²) in [5, 5.41) is 9.58. The normalized spacial score (nSPS) is 17.9. The van der Waals surface area contributed by atoms with Crippen molar-refractivity contribution in [2.75, 3.05) is 25.0 Å². The number of likely N-dealkylation sites (tertiary alicyclic amines) is 1. The van der Waals surface area contributed by atoms with Crippen LogP contribution in [0, 0.1) is 0 Å². The molecule has 0 radical (unpaired) electrons. The molecule has 18 heavy (non-hydrogen) atoms. The lowest BCUT2D eigenvalue weighted by atomic mass is 10.0. The average Bonchev–Trinajstić information content (AvgIpc) is 2.38. The van der Waals surface area contributed by atoms with Crippen LogP contribution in [0.15, 0.2) is 11.0 Å². The molecule has 0 unspecified atom stereocenters. The maximum atomic E-state index is 11.3. The van der Waals surface area contributed by atoms with E-state index in [1.165, 1.54) is 13.0 Å². The molecule has 2 heterocycles. The molecule has 5 nitrogen and oxygen atoms in total. The molecular weight excluding hydrogens is 252 g/mol. The molecule has 0 aliphatic carbocycles. The van der Waals surface area contributed by atoms with Crippen LogP contribution < -0.4 is 10.9 Å². The Morgan fingerprint density at radius 2 is 2.28 bits per heavy atom. The number of hydrogen-bond acceptors (Lipinski definition) is 4. The van der Waals surface area contributed by atoms with Gasteiger partial charge in [0.15, 0.2) is 0 Å². The number of aromatic amines is 1. The zero-order valence-electron chi connectivity index (χ0n) is 10.6. The van der Waals surface area contributed by atoms with Crippen molar-refractivity contribution < 1.29 is 0 Å². The number of hydrogen-bond donors (Lipinski definition) is 2. The van der Waals surface area contributed by atoms with Crippen LogP contribution in [0.1, 0.15) is 26.2 Å². The molecule has 0 bridgehead atoms. The van der Waals surface area contributed by atoms with Crippen LogP contribution in [-0.4, -0.2) is 40.8 Å². The molecule has 0 amide bonds. The highest BCUT2D eigenvalue weighted by Gasteiger charge is 2.19. The molecule has 1 aliphatic heterocycles. The van der Waals surface area contributed by atoms with Gasteiger partial charge in [-0.2, -0.15) is 5.10 Å². The number of nitrogens with one attached hydrogen (secondary N) is 2. The van der Waals surface area contributed by atoms with Crippen LogP contribution in [0.5, 0.6) is 0 Å². The third-order valence-corrected chi connectivity index (χ3v) is 3.66. The highest BCUT2D eigenvalue weighted by Crippen LogP contribution is 2.20. The van der Waals surface area contributed by atoms with Crippen molar-refractivity contribution in [3.05, 3.63) is 21.6 Å². The van der Waals surface area contributed by atoms with Crippen molar-refractivity contribution in [1.29, 1.82) is 0 Å². The van der Waals surface area contributed by atoms with Crippen LogP contribution in [0.2, 0.25) is 5.02 Å². The Labute approximate surface area is 112 Å². The molecular formula is C12H19ClN4O. The van der Waals surface area contributed by atoms with E-state index in [1.807, 2.05) is 0 Å². The topological polar surface area (TPSA) is 61.0 Å². The zero-order chi connectivity index (χ0) is 13.0. The number of halogens is 1. The second-order valence-corrected chi connectivity index (χ2v) is 5.07. The minimum Gasteiger partial charge on any atom is -0.380 e. The van der Waals surface area contributed by atoms with Crippen molar-refractivity contribution in [1.82, 2.24) is 15.1 Å². The van der Waals surface area contributed by atoms with Gasteiger partial charge in [0.05, 0.1) is 11.9 Å². The lowest BCUT2D eigenvalue weighted by molar-refractivity contribution is 0.219. The van der Waals surface area contributed by atoms with Crippen molar-refractivity contribution >= 4 is 17.3 Å². The van der Waals surface area contributed by atoms with E-state index in [-0.39, 0.29) is 10.6 Å². The van der Waals surface area contributed by atoms with E-state index in [0.717, 1.165) is 25.9 Å². The van der Waals surface area contributed by atoms with E-state index in [1.54, 1.807) is 6.20 Å². The first-order valence-electron chi connectivity index (χ1n) is 6.42. The van der Waals surface area contributed by atoms with Crippen molar-refractivity contribution in [2.24, 2.45) is 0 Å². The van der Waals surface area contributed by atoms with E-state index in [4.69, 9.17) is 11.6 Å². The molecule has 0 atom stereocenters. The maximum Gasteiger partial charge on any atom is 0.285 e. The van der Waals surface area contributed by atoms with E-state index >= 15 is 0 Å². The van der Waals surface area contributed by atoms with Gasteiger partial charge in [0, 0.05) is 19.1 Å². The fourth-order valence-electron chi connectivity index (χ4n) is 2.32. The fraction of sp³-hybridized carbons (Fsp3) is 0.667. The number of H-pyrrole nitrogens is 1. The third kappa shape index (κ3) is 3.23. The lowest BCUT2D eigenvalue weighted by Gasteiger charge is -2.32. The van der Waals surface area contributed by atoms with Gasteiger partial charge in [-0.25, -0.2) is 5.10 Å². The summed E-state index contributed by atoms with van der Waals surface area (Å²) >= 11 is 5.93. The van der Waals surface area contributed by atoms with Crippen LogP contribution in [0.3, 0.4) is 0 Å². The summed E-state index contributed by atoms with van der Waals surface area (Å²) in [6.45, 7) is 5.56. The summed E-state index contributed by atoms with van der Waals surface area (Å²) in [5.41, 5.74) is 0.291. The molecule has 6 heteroatoms. The number of nitrogens with zero attached hydrogens (tertiary/aromatic N) is 2. The van der Waals surface area contributed by atoms with Gasteiger partial charge in [-0.1, -0.05) is 18.5 Å². The fourth-order valence-corrected chi connectivity index (χ4v) is 2.47. The van der Waals surface area contributed by atoms with Gasteiger partial charge in [0.2, 0.25) is 0 Å². The smallest absolute Gasteiger partial charge is 0.285 e. The Kier molecular flexibility index (Phi) is 4.60. The van der Waals surface area contributed by atoms with Gasteiger partial charge in [0.25, 0.3) is 5.56 Å². The lowest BCUT2D eigenvalue weighted by Crippen LogP contribution is -2.39. The van der Waals surface area contributed by atoms with Crippen molar-refractivity contribution in [3.63, 3.8) is 0 Å². The van der Waals surface area contributed by atoms with E-state index in [0.29, 0.717) is 11.7 Å². The molecule has 1 aromatic heterocycles. The van der Waals surface area contributed by atoms with Crippen molar-refractivity contribution in [2.45, 2.75) is 32.2 Å². The van der Waals surface area contributed by atoms with Gasteiger partial charge in [-0.05, 0) is 25.8 Å². The summed E-state index contributed by atoms with van der Waals surface area (Å²) in [5.74, 6) is 0. The third-order valence-electron chi connectivity index (χ3n) is 3.28. The van der Waals surface area contributed by atoms with E-state index in [2.05, 4.69) is 27.3 Å². The van der Waals surface area contributed by atoms with E-state index in [9.17, 15) is 4.79 Å². The minimum atomic E-state index is -0.343. The molecule has 0 spiro atoms. The molecule has 100 valence electrons. The number of anilines is 1. The zero-order valence-corrected chi connectivity index (χ0v) is 11.3. The first kappa shape index (κ1) is 13.4. The summed E-state index contributed by atoms with van der Waals surface area (Å²) in [6, 6.07) is 0.374. The molecule has 2 rings (SSSR count). The highest BCUT2D eigenvalue weighted by molar-refractivity contribution is 6.32. The summed E-state index contributed by atoms with van der Waals surface area (Å²) in [7, 11) is 0. The minimum absolute atomic E-state index is 0.195. The quantitative estimate of drug-likeness (QED) is 0.874. The standard InChI is InChI=1S/C12H19ClN4O/c1-2-5-17-6-3-9(4-7-17)15-10-8-14-16-12(18)11(10)13/h8-9H,2-7H2,1H3,(H2,15,16,18). The molecule has 1 fully saturated rings. The second kappa shape index (κ2) is 6.20. The maximum absolute atomic E-state index is 11.3. The molecule has 0 saturated carbocycles. The highest BCUT2D eigenvalue weighted by atomic mass is 35.5. The Balaban J connectivity index is 1.92. The van der Waals surface area contributed by atoms with E-state index < -0.39 is 0 Å².